The average molecular weight is 377 g/mol. The molecule has 2 N–H and O–H groups in total. The summed E-state index contributed by atoms with van der Waals surface area (Å²) in [7, 11) is 0. The molecule has 2 nitrogen and oxygen atoms in total. The van der Waals surface area contributed by atoms with Gasteiger partial charge in [0.1, 0.15) is 0 Å². The van der Waals surface area contributed by atoms with Crippen LogP contribution in [0.5, 0.6) is 0 Å². The van der Waals surface area contributed by atoms with E-state index in [1.807, 2.05) is 0 Å². The second-order valence-corrected chi connectivity index (χ2v) is 9.48. The molecule has 3 aliphatic carbocycles. The molecular weight excluding hydrogens is 340 g/mol. The Morgan fingerprint density at radius 2 is 1.46 bits per heavy atom. The molecule has 2 bridgehead atoms. The van der Waals surface area contributed by atoms with E-state index < -0.39 is 0 Å². The van der Waals surface area contributed by atoms with Crippen LogP contribution in [0.2, 0.25) is 0 Å². The number of hydrogen-bond acceptors (Lipinski definition) is 2. The van der Waals surface area contributed by atoms with Gasteiger partial charge in [-0.15, -0.1) is 0 Å². The van der Waals surface area contributed by atoms with Crippen LogP contribution < -0.4 is 10.6 Å². The van der Waals surface area contributed by atoms with Crippen LogP contribution in [0.4, 0.5) is 0 Å². The molecule has 2 aromatic rings. The molecule has 2 heteroatoms. The zero-order valence-corrected chi connectivity index (χ0v) is 17.5. The minimum absolute atomic E-state index is 0.411. The van der Waals surface area contributed by atoms with E-state index in [0.29, 0.717) is 11.3 Å². The van der Waals surface area contributed by atoms with Crippen LogP contribution >= 0.6 is 0 Å². The summed E-state index contributed by atoms with van der Waals surface area (Å²) in [4.78, 5) is 0. The maximum absolute atomic E-state index is 3.74. The van der Waals surface area contributed by atoms with Crippen molar-refractivity contribution in [2.45, 2.75) is 39.0 Å². The van der Waals surface area contributed by atoms with Gasteiger partial charge in [0.15, 0.2) is 0 Å². The minimum Gasteiger partial charge on any atom is -0.315 e. The minimum atomic E-state index is 0.411. The Morgan fingerprint density at radius 3 is 2.04 bits per heavy atom. The van der Waals surface area contributed by atoms with Crippen LogP contribution in [-0.2, 0) is 0 Å². The predicted molar refractivity (Wildman–Crippen MR) is 119 cm³/mol. The SMILES string of the molecule is CC1(C)[C@@H]2CC[C@@H](CNCCNCC(c3ccccc3)c3ccccc3)[C@H]1C2. The number of fused-ring (bicyclic) bond motifs is 2. The fraction of sp³-hybridized carbons (Fsp3) is 0.538. The molecule has 0 aliphatic heterocycles. The van der Waals surface area contributed by atoms with Crippen molar-refractivity contribution in [3.63, 3.8) is 0 Å². The number of benzene rings is 2. The molecule has 3 aliphatic rings. The molecule has 3 atom stereocenters. The molecule has 28 heavy (non-hydrogen) atoms. The summed E-state index contributed by atoms with van der Waals surface area (Å²) in [6.07, 6.45) is 4.36. The zero-order chi connectivity index (χ0) is 19.4. The first-order valence-corrected chi connectivity index (χ1v) is 11.2. The molecule has 3 fully saturated rings. The van der Waals surface area contributed by atoms with E-state index in [2.05, 4.69) is 85.1 Å². The summed E-state index contributed by atoms with van der Waals surface area (Å²) in [5.41, 5.74) is 3.37. The van der Waals surface area contributed by atoms with Crippen molar-refractivity contribution >= 4 is 0 Å². The average Bonchev–Trinajstić information content (AvgIpc) is 2.74. The Balaban J connectivity index is 1.22. The van der Waals surface area contributed by atoms with Crippen LogP contribution in [-0.4, -0.2) is 26.2 Å². The van der Waals surface area contributed by atoms with Crippen molar-refractivity contribution in [3.05, 3.63) is 71.8 Å². The van der Waals surface area contributed by atoms with Gasteiger partial charge in [-0.1, -0.05) is 74.5 Å². The molecular formula is C26H36N2. The first-order valence-electron chi connectivity index (χ1n) is 11.2. The molecule has 0 radical (unpaired) electrons. The molecule has 0 unspecified atom stereocenters. The lowest BCUT2D eigenvalue weighted by Crippen LogP contribution is -2.54. The lowest BCUT2D eigenvalue weighted by atomic mass is 9.45. The summed E-state index contributed by atoms with van der Waals surface area (Å²) in [5, 5.41) is 7.43. The highest BCUT2D eigenvalue weighted by atomic mass is 14.9. The van der Waals surface area contributed by atoms with Crippen LogP contribution in [0.3, 0.4) is 0 Å². The van der Waals surface area contributed by atoms with Crippen molar-refractivity contribution < 1.29 is 0 Å². The lowest BCUT2D eigenvalue weighted by Gasteiger charge is -2.60. The Labute approximate surface area is 171 Å². The molecule has 150 valence electrons. The highest BCUT2D eigenvalue weighted by Gasteiger charge is 2.53. The van der Waals surface area contributed by atoms with E-state index in [0.717, 1.165) is 37.4 Å². The quantitative estimate of drug-likeness (QED) is 0.597. The zero-order valence-electron chi connectivity index (χ0n) is 17.5. The molecule has 3 saturated carbocycles. The van der Waals surface area contributed by atoms with Crippen molar-refractivity contribution in [1.29, 1.82) is 0 Å². The molecule has 0 saturated heterocycles. The fourth-order valence-corrected chi connectivity index (χ4v) is 5.72. The highest BCUT2D eigenvalue weighted by Crippen LogP contribution is 2.61. The first kappa shape index (κ1) is 19.7. The summed E-state index contributed by atoms with van der Waals surface area (Å²) >= 11 is 0. The molecule has 0 amide bonds. The Hall–Kier alpha value is -1.64. The van der Waals surface area contributed by atoms with E-state index in [1.165, 1.54) is 36.9 Å². The largest absolute Gasteiger partial charge is 0.315 e. The van der Waals surface area contributed by atoms with E-state index >= 15 is 0 Å². The molecule has 0 aromatic heterocycles. The van der Waals surface area contributed by atoms with Crippen molar-refractivity contribution in [2.75, 3.05) is 26.2 Å². The Morgan fingerprint density at radius 1 is 0.857 bits per heavy atom. The second kappa shape index (κ2) is 8.80. The Bertz CT molecular complexity index is 683. The van der Waals surface area contributed by atoms with Gasteiger partial charge in [0.2, 0.25) is 0 Å². The van der Waals surface area contributed by atoms with E-state index in [4.69, 9.17) is 0 Å². The monoisotopic (exact) mass is 376 g/mol. The van der Waals surface area contributed by atoms with E-state index in [9.17, 15) is 0 Å². The predicted octanol–water partition coefficient (Wildman–Crippen LogP) is 5.07. The highest BCUT2D eigenvalue weighted by molar-refractivity contribution is 5.32. The molecule has 5 rings (SSSR count). The number of hydrogen-bond donors (Lipinski definition) is 2. The van der Waals surface area contributed by atoms with Gasteiger partial charge < -0.3 is 10.6 Å². The molecule has 0 spiro atoms. The standard InChI is InChI=1S/C26H36N2/c1-26(2)23-14-13-22(25(26)17-23)18-27-15-16-28-19-24(20-9-5-3-6-10-20)21-11-7-4-8-12-21/h3-12,22-25,27-28H,13-19H2,1-2H3/t22-,23+,25+/m0/s1. The summed E-state index contributed by atoms with van der Waals surface area (Å²) < 4.78 is 0. The third-order valence-corrected chi connectivity index (χ3v) is 7.64. The third-order valence-electron chi connectivity index (χ3n) is 7.64. The van der Waals surface area contributed by atoms with Gasteiger partial charge in [-0.3, -0.25) is 0 Å². The maximum atomic E-state index is 3.74. The van der Waals surface area contributed by atoms with Gasteiger partial charge >= 0.3 is 0 Å². The Kier molecular flexibility index (Phi) is 6.18. The van der Waals surface area contributed by atoms with Gasteiger partial charge in [-0.2, -0.15) is 0 Å². The smallest absolute Gasteiger partial charge is 0.0214 e. The first-order chi connectivity index (χ1) is 13.7. The van der Waals surface area contributed by atoms with Crippen LogP contribution in [0.1, 0.15) is 50.2 Å². The summed E-state index contributed by atoms with van der Waals surface area (Å²) in [6.45, 7) is 9.25. The number of nitrogens with one attached hydrogen (secondary N) is 2. The van der Waals surface area contributed by atoms with Crippen molar-refractivity contribution in [2.24, 2.45) is 23.2 Å². The van der Waals surface area contributed by atoms with E-state index in [1.54, 1.807) is 0 Å². The van der Waals surface area contributed by atoms with Crippen molar-refractivity contribution in [3.8, 4) is 0 Å². The lowest BCUT2D eigenvalue weighted by molar-refractivity contribution is -0.103. The van der Waals surface area contributed by atoms with Crippen molar-refractivity contribution in [1.82, 2.24) is 10.6 Å². The molecule has 2 aromatic carbocycles. The number of rotatable bonds is 9. The van der Waals surface area contributed by atoms with Gasteiger partial charge in [0.05, 0.1) is 0 Å². The topological polar surface area (TPSA) is 24.1 Å². The third kappa shape index (κ3) is 4.18. The maximum Gasteiger partial charge on any atom is 0.0214 e. The fourth-order valence-electron chi connectivity index (χ4n) is 5.72. The van der Waals surface area contributed by atoms with Gasteiger partial charge in [0, 0.05) is 25.6 Å². The second-order valence-electron chi connectivity index (χ2n) is 9.48. The van der Waals surface area contributed by atoms with Crippen LogP contribution in [0, 0.1) is 23.2 Å². The molecule has 0 heterocycles. The van der Waals surface area contributed by atoms with Gasteiger partial charge in [-0.05, 0) is 60.1 Å². The van der Waals surface area contributed by atoms with E-state index in [-0.39, 0.29) is 0 Å². The normalized spacial score (nSPS) is 25.5. The van der Waals surface area contributed by atoms with Gasteiger partial charge in [-0.25, -0.2) is 0 Å². The summed E-state index contributed by atoms with van der Waals surface area (Å²) in [5.74, 6) is 3.26. The van der Waals surface area contributed by atoms with Crippen LogP contribution in [0.15, 0.2) is 60.7 Å². The summed E-state index contributed by atoms with van der Waals surface area (Å²) in [6, 6.07) is 21.7. The van der Waals surface area contributed by atoms with Gasteiger partial charge in [0.25, 0.3) is 0 Å². The van der Waals surface area contributed by atoms with Crippen LogP contribution in [0.25, 0.3) is 0 Å².